The van der Waals surface area contributed by atoms with Crippen LogP contribution >= 0.6 is 11.6 Å². The molecule has 1 aromatic heterocycles. The SMILES string of the molecule is COc1ncccc1C(=O)Nc1cccc([C@@](C)(CC=N)CC(=O)N[C@@H]2CCO[C@H](C)C2)c1Cl. The van der Waals surface area contributed by atoms with Crippen LogP contribution < -0.4 is 15.4 Å². The highest BCUT2D eigenvalue weighted by molar-refractivity contribution is 6.35. The van der Waals surface area contributed by atoms with E-state index in [9.17, 15) is 9.59 Å². The van der Waals surface area contributed by atoms with Crippen LogP contribution in [-0.4, -0.2) is 48.9 Å². The van der Waals surface area contributed by atoms with E-state index in [1.807, 2.05) is 19.9 Å². The van der Waals surface area contributed by atoms with Crippen molar-refractivity contribution >= 4 is 35.3 Å². The van der Waals surface area contributed by atoms with Crippen LogP contribution in [0.4, 0.5) is 5.69 Å². The van der Waals surface area contributed by atoms with E-state index in [4.69, 9.17) is 26.5 Å². The average Bonchev–Trinajstić information content (AvgIpc) is 2.80. The third-order valence-corrected chi connectivity index (χ3v) is 6.47. The van der Waals surface area contributed by atoms with Crippen molar-refractivity contribution in [2.75, 3.05) is 19.0 Å². The number of aromatic nitrogens is 1. The lowest BCUT2D eigenvalue weighted by molar-refractivity contribution is -0.123. The molecule has 34 heavy (non-hydrogen) atoms. The quantitative estimate of drug-likeness (QED) is 0.455. The zero-order chi connectivity index (χ0) is 24.7. The van der Waals surface area contributed by atoms with Gasteiger partial charge in [-0.3, -0.25) is 9.59 Å². The zero-order valence-corrected chi connectivity index (χ0v) is 20.4. The molecule has 3 rings (SSSR count). The molecule has 0 spiro atoms. The molecule has 2 amide bonds. The van der Waals surface area contributed by atoms with Gasteiger partial charge in [0.05, 0.1) is 23.9 Å². The van der Waals surface area contributed by atoms with Crippen molar-refractivity contribution < 1.29 is 19.1 Å². The minimum atomic E-state index is -0.730. The number of rotatable bonds is 9. The fourth-order valence-corrected chi connectivity index (χ4v) is 4.68. The molecule has 9 heteroatoms. The molecule has 0 unspecified atom stereocenters. The fraction of sp³-hybridized carbons (Fsp3) is 0.440. The Morgan fingerprint density at radius 2 is 2.15 bits per heavy atom. The van der Waals surface area contributed by atoms with Crippen LogP contribution in [0.1, 0.15) is 55.5 Å². The zero-order valence-electron chi connectivity index (χ0n) is 19.7. The standard InChI is InChI=1S/C25H31ClN4O4/c1-16-14-17(9-13-34-16)29-21(31)15-25(2,10-11-27)19-7-4-8-20(22(19)26)30-23(32)18-6-5-12-28-24(18)33-3/h4-8,11-12,16-17,27H,9-10,13-15H2,1-3H3,(H,29,31)(H,30,32)/t16-,17-,25+/m1/s1. The molecule has 2 heterocycles. The van der Waals surface area contributed by atoms with Gasteiger partial charge in [0, 0.05) is 30.7 Å². The smallest absolute Gasteiger partial charge is 0.261 e. The minimum Gasteiger partial charge on any atom is -0.480 e. The number of nitrogens with zero attached hydrogens (tertiary/aromatic N) is 1. The third-order valence-electron chi connectivity index (χ3n) is 6.06. The number of hydrogen-bond acceptors (Lipinski definition) is 6. The molecule has 1 aromatic carbocycles. The van der Waals surface area contributed by atoms with Crippen LogP contribution in [0.15, 0.2) is 36.5 Å². The molecule has 182 valence electrons. The Balaban J connectivity index is 1.81. The van der Waals surface area contributed by atoms with Crippen LogP contribution in [0.25, 0.3) is 0 Å². The van der Waals surface area contributed by atoms with Gasteiger partial charge in [-0.05, 0) is 56.2 Å². The first-order valence-corrected chi connectivity index (χ1v) is 11.6. The normalized spacial score (nSPS) is 19.5. The molecule has 1 saturated heterocycles. The Bertz CT molecular complexity index is 1050. The van der Waals surface area contributed by atoms with Gasteiger partial charge in [0.2, 0.25) is 11.8 Å². The highest BCUT2D eigenvalue weighted by Crippen LogP contribution is 2.39. The summed E-state index contributed by atoms with van der Waals surface area (Å²) < 4.78 is 10.7. The van der Waals surface area contributed by atoms with Gasteiger partial charge in [0.25, 0.3) is 5.91 Å². The summed E-state index contributed by atoms with van der Waals surface area (Å²) in [4.78, 5) is 29.9. The van der Waals surface area contributed by atoms with E-state index < -0.39 is 11.3 Å². The van der Waals surface area contributed by atoms with E-state index in [0.717, 1.165) is 12.8 Å². The monoisotopic (exact) mass is 486 g/mol. The lowest BCUT2D eigenvalue weighted by atomic mass is 9.76. The van der Waals surface area contributed by atoms with Crippen LogP contribution in [0.5, 0.6) is 5.88 Å². The lowest BCUT2D eigenvalue weighted by Crippen LogP contribution is -2.43. The number of amides is 2. The number of nitrogens with one attached hydrogen (secondary N) is 3. The van der Waals surface area contributed by atoms with Crippen molar-refractivity contribution in [3.63, 3.8) is 0 Å². The van der Waals surface area contributed by atoms with E-state index >= 15 is 0 Å². The number of methoxy groups -OCH3 is 1. The van der Waals surface area contributed by atoms with Crippen molar-refractivity contribution in [2.45, 2.75) is 57.1 Å². The largest absolute Gasteiger partial charge is 0.480 e. The Hall–Kier alpha value is -2.97. The second-order valence-corrected chi connectivity index (χ2v) is 9.18. The number of benzene rings is 1. The van der Waals surface area contributed by atoms with Crippen LogP contribution in [0, 0.1) is 5.41 Å². The van der Waals surface area contributed by atoms with Crippen molar-refractivity contribution in [2.24, 2.45) is 0 Å². The summed E-state index contributed by atoms with van der Waals surface area (Å²) in [7, 11) is 1.45. The van der Waals surface area contributed by atoms with E-state index in [1.165, 1.54) is 19.5 Å². The Kier molecular flexibility index (Phi) is 8.63. The average molecular weight is 487 g/mol. The molecular weight excluding hydrogens is 456 g/mol. The first kappa shape index (κ1) is 25.6. The van der Waals surface area contributed by atoms with Crippen LogP contribution in [0.2, 0.25) is 5.02 Å². The molecular formula is C25H31ClN4O4. The second-order valence-electron chi connectivity index (χ2n) is 8.80. The van der Waals surface area contributed by atoms with Gasteiger partial charge >= 0.3 is 0 Å². The Morgan fingerprint density at radius 1 is 1.35 bits per heavy atom. The summed E-state index contributed by atoms with van der Waals surface area (Å²) >= 11 is 6.74. The van der Waals surface area contributed by atoms with Crippen molar-refractivity contribution in [1.29, 1.82) is 5.41 Å². The van der Waals surface area contributed by atoms with E-state index in [-0.39, 0.29) is 35.9 Å². The summed E-state index contributed by atoms with van der Waals surface area (Å²) in [5, 5.41) is 14.0. The molecule has 1 aliphatic rings. The van der Waals surface area contributed by atoms with Crippen LogP contribution in [-0.2, 0) is 14.9 Å². The number of carbonyl (C=O) groups is 2. The van der Waals surface area contributed by atoms with Gasteiger partial charge in [0.15, 0.2) is 0 Å². The molecule has 0 bridgehead atoms. The molecule has 0 saturated carbocycles. The summed E-state index contributed by atoms with van der Waals surface area (Å²) in [5.41, 5.74) is 0.639. The van der Waals surface area contributed by atoms with Gasteiger partial charge in [-0.1, -0.05) is 30.7 Å². The predicted octanol–water partition coefficient (Wildman–Crippen LogP) is 4.37. The maximum Gasteiger partial charge on any atom is 0.261 e. The predicted molar refractivity (Wildman–Crippen MR) is 132 cm³/mol. The molecule has 0 aliphatic carbocycles. The highest BCUT2D eigenvalue weighted by atomic mass is 35.5. The maximum atomic E-state index is 13.0. The number of carbonyl (C=O) groups excluding carboxylic acids is 2. The van der Waals surface area contributed by atoms with Gasteiger partial charge in [0.1, 0.15) is 5.56 Å². The van der Waals surface area contributed by atoms with Gasteiger partial charge in [-0.15, -0.1) is 0 Å². The lowest BCUT2D eigenvalue weighted by Gasteiger charge is -2.32. The number of halogens is 1. The highest BCUT2D eigenvalue weighted by Gasteiger charge is 2.33. The maximum absolute atomic E-state index is 13.0. The molecule has 1 fully saturated rings. The topological polar surface area (TPSA) is 113 Å². The molecule has 0 radical (unpaired) electrons. The number of ether oxygens (including phenoxy) is 2. The summed E-state index contributed by atoms with van der Waals surface area (Å²) in [6, 6.07) is 8.62. The van der Waals surface area contributed by atoms with E-state index in [2.05, 4.69) is 15.6 Å². The van der Waals surface area contributed by atoms with Gasteiger partial charge < -0.3 is 25.5 Å². The molecule has 1 aliphatic heterocycles. The molecule has 2 aromatic rings. The van der Waals surface area contributed by atoms with E-state index in [1.54, 1.807) is 24.3 Å². The number of anilines is 1. The summed E-state index contributed by atoms with van der Waals surface area (Å²) in [5.74, 6) is -0.307. The molecule has 3 N–H and O–H groups in total. The third kappa shape index (κ3) is 6.12. The number of pyridine rings is 1. The number of hydrogen-bond donors (Lipinski definition) is 3. The molecule has 8 nitrogen and oxygen atoms in total. The van der Waals surface area contributed by atoms with Crippen molar-refractivity contribution in [3.8, 4) is 5.88 Å². The van der Waals surface area contributed by atoms with E-state index in [0.29, 0.717) is 29.3 Å². The second kappa shape index (κ2) is 11.4. The van der Waals surface area contributed by atoms with Gasteiger partial charge in [-0.25, -0.2) is 4.98 Å². The first-order chi connectivity index (χ1) is 16.3. The summed E-state index contributed by atoms with van der Waals surface area (Å²) in [6.07, 6.45) is 4.95. The fourth-order valence-electron chi connectivity index (χ4n) is 4.28. The Morgan fingerprint density at radius 3 is 2.85 bits per heavy atom. The van der Waals surface area contributed by atoms with Crippen molar-refractivity contribution in [3.05, 3.63) is 52.7 Å². The van der Waals surface area contributed by atoms with Crippen LogP contribution in [0.3, 0.4) is 0 Å². The summed E-state index contributed by atoms with van der Waals surface area (Å²) in [6.45, 7) is 4.53. The van der Waals surface area contributed by atoms with Gasteiger partial charge in [-0.2, -0.15) is 0 Å². The molecule has 3 atom stereocenters. The Labute approximate surface area is 204 Å². The van der Waals surface area contributed by atoms with Crippen molar-refractivity contribution in [1.82, 2.24) is 10.3 Å². The first-order valence-electron chi connectivity index (χ1n) is 11.3. The minimum absolute atomic E-state index is 0.0658.